The van der Waals surface area contributed by atoms with Crippen molar-refractivity contribution in [2.75, 3.05) is 35.2 Å². The normalized spacial score (nSPS) is 20.7. The van der Waals surface area contributed by atoms with Gasteiger partial charge in [0.1, 0.15) is 6.07 Å². The number of carbonyl (C=O) groups is 2. The number of hydrogen-bond donors (Lipinski definition) is 2. The summed E-state index contributed by atoms with van der Waals surface area (Å²) >= 11 is 0. The largest absolute Gasteiger partial charge is 0.365 e. The maximum Gasteiger partial charge on any atom is 0.248 e. The molecule has 2 aromatic rings. The van der Waals surface area contributed by atoms with E-state index in [9.17, 15) is 14.9 Å². The molecule has 0 aromatic heterocycles. The summed E-state index contributed by atoms with van der Waals surface area (Å²) in [7, 11) is 0. The minimum atomic E-state index is -0.512. The van der Waals surface area contributed by atoms with E-state index in [2.05, 4.69) is 39.5 Å². The van der Waals surface area contributed by atoms with Crippen molar-refractivity contribution in [1.29, 1.82) is 5.26 Å². The Labute approximate surface area is 201 Å². The molecule has 2 aromatic carbocycles. The van der Waals surface area contributed by atoms with E-state index < -0.39 is 5.41 Å². The first-order chi connectivity index (χ1) is 16.2. The number of rotatable bonds is 3. The van der Waals surface area contributed by atoms with Crippen LogP contribution in [-0.2, 0) is 9.59 Å². The van der Waals surface area contributed by atoms with E-state index in [4.69, 9.17) is 0 Å². The molecule has 176 valence electrons. The van der Waals surface area contributed by atoms with Crippen LogP contribution in [0.1, 0.15) is 44.9 Å². The maximum absolute atomic E-state index is 12.4. The molecule has 0 bridgehead atoms. The van der Waals surface area contributed by atoms with Crippen LogP contribution in [0.5, 0.6) is 0 Å². The van der Waals surface area contributed by atoms with Crippen LogP contribution in [0.3, 0.4) is 0 Å². The zero-order valence-electron chi connectivity index (χ0n) is 20.1. The van der Waals surface area contributed by atoms with E-state index >= 15 is 0 Å². The zero-order chi connectivity index (χ0) is 24.5. The number of nitriles is 1. The molecular formula is C27H31N5O2. The summed E-state index contributed by atoms with van der Waals surface area (Å²) in [4.78, 5) is 29.1. The standard InChI is InChI=1S/C27H31N5O2/c1-18-17-31(24-11-12-25(33)30-22-8-6-5-7-21(22)24)13-14-32(18)23-10-9-20(15-19(23)16-28)29-26(34)27(2,3)4/h5-12,15,18,24H,13-14,17H2,1-4H3,(H,29,34)(H,30,33). The maximum atomic E-state index is 12.4. The van der Waals surface area contributed by atoms with Crippen molar-refractivity contribution in [3.05, 3.63) is 65.7 Å². The molecule has 0 radical (unpaired) electrons. The molecule has 2 aliphatic heterocycles. The molecule has 0 aliphatic carbocycles. The van der Waals surface area contributed by atoms with Crippen molar-refractivity contribution in [3.63, 3.8) is 0 Å². The average Bonchev–Trinajstić information content (AvgIpc) is 2.96. The highest BCUT2D eigenvalue weighted by molar-refractivity contribution is 6.00. The smallest absolute Gasteiger partial charge is 0.248 e. The lowest BCUT2D eigenvalue weighted by atomic mass is 9.95. The first kappa shape index (κ1) is 23.5. The van der Waals surface area contributed by atoms with E-state index in [-0.39, 0.29) is 23.9 Å². The number of carbonyl (C=O) groups excluding carboxylic acids is 2. The Morgan fingerprint density at radius 1 is 1.18 bits per heavy atom. The van der Waals surface area contributed by atoms with Crippen LogP contribution in [-0.4, -0.2) is 42.4 Å². The summed E-state index contributed by atoms with van der Waals surface area (Å²) in [5.41, 5.74) is 3.46. The predicted octanol–water partition coefficient (Wildman–Crippen LogP) is 4.30. The third-order valence-electron chi connectivity index (χ3n) is 6.38. The quantitative estimate of drug-likeness (QED) is 0.717. The fourth-order valence-electron chi connectivity index (χ4n) is 4.51. The number of anilines is 3. The Hall–Kier alpha value is -3.63. The van der Waals surface area contributed by atoms with Crippen LogP contribution < -0.4 is 15.5 Å². The monoisotopic (exact) mass is 457 g/mol. The molecule has 2 atom stereocenters. The number of amides is 2. The molecule has 2 amide bonds. The Bertz CT molecular complexity index is 1170. The lowest BCUT2D eigenvalue weighted by Gasteiger charge is -2.44. The van der Waals surface area contributed by atoms with Gasteiger partial charge in [-0.25, -0.2) is 0 Å². The first-order valence-corrected chi connectivity index (χ1v) is 11.6. The number of para-hydroxylation sites is 1. The lowest BCUT2D eigenvalue weighted by molar-refractivity contribution is -0.123. The highest BCUT2D eigenvalue weighted by Crippen LogP contribution is 2.34. The minimum Gasteiger partial charge on any atom is -0.365 e. The van der Waals surface area contributed by atoms with Gasteiger partial charge in [0, 0.05) is 48.5 Å². The SMILES string of the molecule is CC1CN(C2C=CC(=O)Nc3ccccc32)CCN1c1ccc(NC(=O)C(C)(C)C)cc1C#N. The molecule has 1 fully saturated rings. The van der Waals surface area contributed by atoms with Gasteiger partial charge in [0.25, 0.3) is 0 Å². The summed E-state index contributed by atoms with van der Waals surface area (Å²) in [6.07, 6.45) is 3.58. The minimum absolute atomic E-state index is 0.00479. The fourth-order valence-corrected chi connectivity index (χ4v) is 4.51. The number of piperazine rings is 1. The fraction of sp³-hybridized carbons (Fsp3) is 0.370. The third kappa shape index (κ3) is 4.82. The summed E-state index contributed by atoms with van der Waals surface area (Å²) in [6.45, 7) is 10.0. The van der Waals surface area contributed by atoms with Crippen LogP contribution in [0.25, 0.3) is 0 Å². The molecule has 7 heteroatoms. The van der Waals surface area contributed by atoms with Crippen LogP contribution in [0, 0.1) is 16.7 Å². The van der Waals surface area contributed by atoms with Gasteiger partial charge in [-0.15, -0.1) is 0 Å². The molecule has 2 heterocycles. The number of nitrogens with zero attached hydrogens (tertiary/aromatic N) is 3. The van der Waals surface area contributed by atoms with Crippen molar-refractivity contribution in [3.8, 4) is 6.07 Å². The Balaban J connectivity index is 1.53. The van der Waals surface area contributed by atoms with Crippen LogP contribution in [0.15, 0.2) is 54.6 Å². The van der Waals surface area contributed by atoms with E-state index in [0.717, 1.165) is 36.6 Å². The van der Waals surface area contributed by atoms with Crippen molar-refractivity contribution >= 4 is 28.9 Å². The van der Waals surface area contributed by atoms with Gasteiger partial charge in [0.15, 0.2) is 0 Å². The topological polar surface area (TPSA) is 88.5 Å². The third-order valence-corrected chi connectivity index (χ3v) is 6.38. The number of nitrogens with one attached hydrogen (secondary N) is 2. The number of benzene rings is 2. The first-order valence-electron chi connectivity index (χ1n) is 11.6. The molecule has 1 saturated heterocycles. The average molecular weight is 458 g/mol. The van der Waals surface area contributed by atoms with Crippen LogP contribution in [0.4, 0.5) is 17.1 Å². The Morgan fingerprint density at radius 3 is 2.65 bits per heavy atom. The summed E-state index contributed by atoms with van der Waals surface area (Å²) in [5.74, 6) is -0.199. The molecule has 2 N–H and O–H groups in total. The van der Waals surface area contributed by atoms with Crippen LogP contribution >= 0.6 is 0 Å². The van der Waals surface area contributed by atoms with Crippen molar-refractivity contribution in [2.24, 2.45) is 5.41 Å². The summed E-state index contributed by atoms with van der Waals surface area (Å²) in [5, 5.41) is 15.7. The Morgan fingerprint density at radius 2 is 1.94 bits per heavy atom. The van der Waals surface area contributed by atoms with Crippen molar-refractivity contribution < 1.29 is 9.59 Å². The molecular weight excluding hydrogens is 426 g/mol. The van der Waals surface area contributed by atoms with Gasteiger partial charge in [-0.3, -0.25) is 14.5 Å². The van der Waals surface area contributed by atoms with Gasteiger partial charge in [-0.05, 0) is 36.8 Å². The van der Waals surface area contributed by atoms with E-state index in [1.807, 2.05) is 57.2 Å². The highest BCUT2D eigenvalue weighted by Gasteiger charge is 2.31. The number of fused-ring (bicyclic) bond motifs is 1. The zero-order valence-corrected chi connectivity index (χ0v) is 20.1. The van der Waals surface area contributed by atoms with E-state index in [1.54, 1.807) is 12.1 Å². The van der Waals surface area contributed by atoms with Gasteiger partial charge in [-0.2, -0.15) is 5.26 Å². The molecule has 7 nitrogen and oxygen atoms in total. The second-order valence-electron chi connectivity index (χ2n) is 9.97. The van der Waals surface area contributed by atoms with E-state index in [1.165, 1.54) is 0 Å². The highest BCUT2D eigenvalue weighted by atomic mass is 16.2. The second kappa shape index (κ2) is 9.32. The van der Waals surface area contributed by atoms with E-state index in [0.29, 0.717) is 11.3 Å². The molecule has 0 saturated carbocycles. The lowest BCUT2D eigenvalue weighted by Crippen LogP contribution is -2.52. The van der Waals surface area contributed by atoms with Gasteiger partial charge in [0.2, 0.25) is 11.8 Å². The molecule has 2 aliphatic rings. The van der Waals surface area contributed by atoms with Crippen molar-refractivity contribution in [2.45, 2.75) is 39.8 Å². The van der Waals surface area contributed by atoms with Gasteiger partial charge in [0.05, 0.1) is 17.3 Å². The predicted molar refractivity (Wildman–Crippen MR) is 135 cm³/mol. The van der Waals surface area contributed by atoms with Gasteiger partial charge < -0.3 is 15.5 Å². The summed E-state index contributed by atoms with van der Waals surface area (Å²) in [6, 6.07) is 15.9. The van der Waals surface area contributed by atoms with Crippen molar-refractivity contribution in [1.82, 2.24) is 4.90 Å². The van der Waals surface area contributed by atoms with Gasteiger partial charge >= 0.3 is 0 Å². The molecule has 2 unspecified atom stereocenters. The van der Waals surface area contributed by atoms with Crippen LogP contribution in [0.2, 0.25) is 0 Å². The molecule has 0 spiro atoms. The molecule has 34 heavy (non-hydrogen) atoms. The van der Waals surface area contributed by atoms with Gasteiger partial charge in [-0.1, -0.05) is 45.0 Å². The number of hydrogen-bond acceptors (Lipinski definition) is 5. The summed E-state index contributed by atoms with van der Waals surface area (Å²) < 4.78 is 0. The molecule has 4 rings (SSSR count). The Kier molecular flexibility index (Phi) is 6.45. The second-order valence-corrected chi connectivity index (χ2v) is 9.97.